The molecule has 1 heterocycles. The highest BCUT2D eigenvalue weighted by molar-refractivity contribution is 7.89. The number of ether oxygens (including phenoxy) is 1. The van der Waals surface area contributed by atoms with Gasteiger partial charge in [0, 0.05) is 31.5 Å². The molecule has 156 valence electrons. The van der Waals surface area contributed by atoms with Gasteiger partial charge >= 0.3 is 0 Å². The van der Waals surface area contributed by atoms with Gasteiger partial charge in [0.25, 0.3) is 0 Å². The van der Waals surface area contributed by atoms with Crippen LogP contribution >= 0.6 is 0 Å². The Morgan fingerprint density at radius 2 is 1.79 bits per heavy atom. The normalized spacial score (nSPS) is 16.2. The van der Waals surface area contributed by atoms with Gasteiger partial charge in [-0.3, -0.25) is 4.79 Å². The maximum atomic E-state index is 12.5. The van der Waals surface area contributed by atoms with Gasteiger partial charge in [0.1, 0.15) is 5.75 Å². The summed E-state index contributed by atoms with van der Waals surface area (Å²) in [7, 11) is -3.45. The van der Waals surface area contributed by atoms with Crippen molar-refractivity contribution in [3.05, 3.63) is 59.7 Å². The molecule has 1 aliphatic heterocycles. The van der Waals surface area contributed by atoms with E-state index >= 15 is 0 Å². The molecule has 0 radical (unpaired) electrons. The smallest absolute Gasteiger partial charge is 0.243 e. The summed E-state index contributed by atoms with van der Waals surface area (Å²) in [6, 6.07) is 14.5. The Kier molecular flexibility index (Phi) is 6.92. The molecule has 0 aliphatic carbocycles. The van der Waals surface area contributed by atoms with E-state index in [1.807, 2.05) is 38.1 Å². The maximum Gasteiger partial charge on any atom is 0.243 e. The van der Waals surface area contributed by atoms with Crippen LogP contribution in [0.5, 0.6) is 5.75 Å². The van der Waals surface area contributed by atoms with Crippen molar-refractivity contribution in [1.29, 1.82) is 0 Å². The second-order valence-corrected chi connectivity index (χ2v) is 8.97. The maximum absolute atomic E-state index is 12.5. The molecule has 0 fully saturated rings. The summed E-state index contributed by atoms with van der Waals surface area (Å²) in [5, 5.41) is 3.09. The molecular formula is C22H28N2O4S. The van der Waals surface area contributed by atoms with Crippen molar-refractivity contribution in [1.82, 2.24) is 9.62 Å². The monoisotopic (exact) mass is 416 g/mol. The van der Waals surface area contributed by atoms with Crippen LogP contribution in [0.1, 0.15) is 43.9 Å². The lowest BCUT2D eigenvalue weighted by Gasteiger charge is -2.26. The van der Waals surface area contributed by atoms with E-state index in [1.54, 1.807) is 24.3 Å². The summed E-state index contributed by atoms with van der Waals surface area (Å²) in [5.41, 5.74) is 1.95. The molecule has 6 nitrogen and oxygen atoms in total. The topological polar surface area (TPSA) is 75.7 Å². The van der Waals surface area contributed by atoms with Crippen LogP contribution in [0.3, 0.4) is 0 Å². The van der Waals surface area contributed by atoms with Gasteiger partial charge in [-0.1, -0.05) is 44.2 Å². The molecule has 3 rings (SSSR count). The fraction of sp³-hybridized carbons (Fsp3) is 0.409. The van der Waals surface area contributed by atoms with E-state index in [2.05, 4.69) is 5.32 Å². The molecule has 2 aromatic carbocycles. The Morgan fingerprint density at radius 1 is 1.10 bits per heavy atom. The second-order valence-electron chi connectivity index (χ2n) is 7.03. The van der Waals surface area contributed by atoms with E-state index in [0.717, 1.165) is 23.3 Å². The van der Waals surface area contributed by atoms with Gasteiger partial charge in [-0.25, -0.2) is 8.42 Å². The number of hydrogen-bond donors (Lipinski definition) is 1. The van der Waals surface area contributed by atoms with Gasteiger partial charge in [0.15, 0.2) is 0 Å². The summed E-state index contributed by atoms with van der Waals surface area (Å²) >= 11 is 0. The predicted molar refractivity (Wildman–Crippen MR) is 112 cm³/mol. The highest BCUT2D eigenvalue weighted by Crippen LogP contribution is 2.31. The Morgan fingerprint density at radius 3 is 2.48 bits per heavy atom. The molecular weight excluding hydrogens is 388 g/mol. The average molecular weight is 417 g/mol. The van der Waals surface area contributed by atoms with Gasteiger partial charge in [-0.05, 0) is 30.2 Å². The van der Waals surface area contributed by atoms with Crippen LogP contribution in [0.4, 0.5) is 0 Å². The number of nitrogens with zero attached hydrogens (tertiary/aromatic N) is 1. The van der Waals surface area contributed by atoms with Crippen molar-refractivity contribution in [2.45, 2.75) is 44.0 Å². The van der Waals surface area contributed by atoms with Crippen molar-refractivity contribution in [2.75, 3.05) is 19.7 Å². The van der Waals surface area contributed by atoms with Crippen LogP contribution in [0.25, 0.3) is 0 Å². The molecule has 7 heteroatoms. The average Bonchev–Trinajstić information content (AvgIpc) is 2.73. The zero-order valence-electron chi connectivity index (χ0n) is 16.9. The van der Waals surface area contributed by atoms with Crippen LogP contribution in [0.2, 0.25) is 0 Å². The number of para-hydroxylation sites is 1. The van der Waals surface area contributed by atoms with Crippen LogP contribution in [-0.2, 0) is 21.2 Å². The minimum Gasteiger partial charge on any atom is -0.493 e. The minimum absolute atomic E-state index is 0.0217. The van der Waals surface area contributed by atoms with Crippen molar-refractivity contribution < 1.29 is 17.9 Å². The fourth-order valence-corrected chi connectivity index (χ4v) is 5.02. The summed E-state index contributed by atoms with van der Waals surface area (Å²) < 4.78 is 32.2. The lowest BCUT2D eigenvalue weighted by Crippen LogP contribution is -2.32. The summed E-state index contributed by atoms with van der Waals surface area (Å²) in [6.07, 6.45) is 1.66. The molecule has 1 amide bonds. The SMILES string of the molecule is CCN(CC)S(=O)(=O)c1ccc(CCC(=O)N[C@@H]2CCOc3ccccc32)cc1. The fourth-order valence-electron chi connectivity index (χ4n) is 3.56. The lowest BCUT2D eigenvalue weighted by molar-refractivity contribution is -0.122. The Hall–Kier alpha value is -2.38. The van der Waals surface area contributed by atoms with Gasteiger partial charge in [-0.2, -0.15) is 4.31 Å². The Bertz CT molecular complexity index is 938. The summed E-state index contributed by atoms with van der Waals surface area (Å²) in [4.78, 5) is 12.7. The van der Waals surface area contributed by atoms with E-state index in [9.17, 15) is 13.2 Å². The molecule has 0 saturated heterocycles. The van der Waals surface area contributed by atoms with Crippen LogP contribution in [-0.4, -0.2) is 38.3 Å². The van der Waals surface area contributed by atoms with E-state index in [1.165, 1.54) is 4.31 Å². The molecule has 0 unspecified atom stereocenters. The van der Waals surface area contributed by atoms with Gasteiger partial charge in [0.05, 0.1) is 17.5 Å². The molecule has 0 spiro atoms. The van der Waals surface area contributed by atoms with Crippen molar-refractivity contribution >= 4 is 15.9 Å². The number of sulfonamides is 1. The minimum atomic E-state index is -3.45. The third-order valence-electron chi connectivity index (χ3n) is 5.20. The first-order valence-corrected chi connectivity index (χ1v) is 11.5. The Balaban J connectivity index is 1.58. The number of rotatable bonds is 8. The van der Waals surface area contributed by atoms with Crippen molar-refractivity contribution in [3.8, 4) is 5.75 Å². The van der Waals surface area contributed by atoms with Crippen LogP contribution in [0.15, 0.2) is 53.4 Å². The first kappa shape index (κ1) is 21.3. The number of carbonyl (C=O) groups excluding carboxylic acids is 1. The summed E-state index contributed by atoms with van der Waals surface area (Å²) in [6.45, 7) is 5.12. The number of fused-ring (bicyclic) bond motifs is 1. The zero-order chi connectivity index (χ0) is 20.9. The van der Waals surface area contributed by atoms with Gasteiger partial charge in [0.2, 0.25) is 15.9 Å². The second kappa shape index (κ2) is 9.41. The molecule has 29 heavy (non-hydrogen) atoms. The molecule has 0 aromatic heterocycles. The predicted octanol–water partition coefficient (Wildman–Crippen LogP) is 3.29. The molecule has 1 N–H and O–H groups in total. The highest BCUT2D eigenvalue weighted by Gasteiger charge is 2.23. The summed E-state index contributed by atoms with van der Waals surface area (Å²) in [5.74, 6) is 0.806. The van der Waals surface area contributed by atoms with Crippen molar-refractivity contribution in [3.63, 3.8) is 0 Å². The van der Waals surface area contributed by atoms with Crippen molar-refractivity contribution in [2.24, 2.45) is 0 Å². The number of amides is 1. The lowest BCUT2D eigenvalue weighted by atomic mass is 10.00. The third kappa shape index (κ3) is 4.97. The van der Waals surface area contributed by atoms with E-state index < -0.39 is 10.0 Å². The van der Waals surface area contributed by atoms with Gasteiger partial charge < -0.3 is 10.1 Å². The number of benzene rings is 2. The van der Waals surface area contributed by atoms with E-state index in [4.69, 9.17) is 4.74 Å². The third-order valence-corrected chi connectivity index (χ3v) is 7.27. The number of nitrogens with one attached hydrogen (secondary N) is 1. The largest absolute Gasteiger partial charge is 0.493 e. The molecule has 0 saturated carbocycles. The zero-order valence-corrected chi connectivity index (χ0v) is 17.7. The van der Waals surface area contributed by atoms with Crippen LogP contribution < -0.4 is 10.1 Å². The van der Waals surface area contributed by atoms with E-state index in [0.29, 0.717) is 32.5 Å². The Labute approximate surface area is 172 Å². The molecule has 1 aliphatic rings. The number of carbonyl (C=O) groups is 1. The first-order valence-electron chi connectivity index (χ1n) is 10.1. The number of aryl methyl sites for hydroxylation is 1. The molecule has 1 atom stereocenters. The standard InChI is InChI=1S/C22H28N2O4S/c1-3-24(4-2)29(26,27)18-12-9-17(10-13-18)11-14-22(25)23-20-15-16-28-21-8-6-5-7-19(20)21/h5-10,12-13,20H,3-4,11,14-16H2,1-2H3,(H,23,25)/t20-/m1/s1. The van der Waals surface area contributed by atoms with E-state index in [-0.39, 0.29) is 16.8 Å². The molecule has 0 bridgehead atoms. The highest BCUT2D eigenvalue weighted by atomic mass is 32.2. The number of hydrogen-bond acceptors (Lipinski definition) is 4. The van der Waals surface area contributed by atoms with Gasteiger partial charge in [-0.15, -0.1) is 0 Å². The molecule has 2 aromatic rings. The van der Waals surface area contributed by atoms with Crippen LogP contribution in [0, 0.1) is 0 Å². The quantitative estimate of drug-likeness (QED) is 0.717. The first-order chi connectivity index (χ1) is 14.0.